The second-order valence-electron chi connectivity index (χ2n) is 7.02. The standard InChI is InChI=1S/C19H21F2N3O5S2/c1-23-9-11-24(12-10-23)31(28,29)17-4-2-3-15(13-17)22-18(25)14-5-7-16(8-6-14)30(26,27)19(20)21/h2-8,13,19H,9-12H2,1H3,(H,22,25). The highest BCUT2D eigenvalue weighted by atomic mass is 32.2. The average molecular weight is 474 g/mol. The highest BCUT2D eigenvalue weighted by Gasteiger charge is 2.28. The summed E-state index contributed by atoms with van der Waals surface area (Å²) in [4.78, 5) is 13.9. The van der Waals surface area contributed by atoms with Crippen molar-refractivity contribution in [3.63, 3.8) is 0 Å². The maximum absolute atomic E-state index is 12.9. The summed E-state index contributed by atoms with van der Waals surface area (Å²) < 4.78 is 75.3. The Kier molecular flexibility index (Phi) is 6.74. The second-order valence-corrected chi connectivity index (χ2v) is 10.9. The molecule has 1 aliphatic rings. The van der Waals surface area contributed by atoms with E-state index in [-0.39, 0.29) is 16.1 Å². The fourth-order valence-corrected chi connectivity index (χ4v) is 5.20. The minimum atomic E-state index is -4.75. The Balaban J connectivity index is 1.76. The molecule has 0 spiro atoms. The lowest BCUT2D eigenvalue weighted by molar-refractivity contribution is 0.102. The molecule has 0 unspecified atom stereocenters. The lowest BCUT2D eigenvalue weighted by Crippen LogP contribution is -2.47. The van der Waals surface area contributed by atoms with Gasteiger partial charge in [-0.3, -0.25) is 4.79 Å². The van der Waals surface area contributed by atoms with Crippen molar-refractivity contribution in [3.05, 3.63) is 54.1 Å². The number of likely N-dealkylation sites (N-methyl/N-ethyl adjacent to an activating group) is 1. The first kappa shape index (κ1) is 23.3. The monoisotopic (exact) mass is 473 g/mol. The fraction of sp³-hybridized carbons (Fsp3) is 0.316. The molecule has 2 aromatic rings. The molecule has 0 atom stereocenters. The third-order valence-electron chi connectivity index (χ3n) is 4.87. The molecule has 2 aromatic carbocycles. The Morgan fingerprint density at radius 2 is 1.55 bits per heavy atom. The van der Waals surface area contributed by atoms with Crippen molar-refractivity contribution in [3.8, 4) is 0 Å². The minimum absolute atomic E-state index is 0.0283. The molecule has 31 heavy (non-hydrogen) atoms. The van der Waals surface area contributed by atoms with Crippen LogP contribution in [0.1, 0.15) is 10.4 Å². The number of nitrogens with one attached hydrogen (secondary N) is 1. The molecule has 3 rings (SSSR count). The zero-order valence-electron chi connectivity index (χ0n) is 16.5. The molecule has 1 saturated heterocycles. The number of hydrogen-bond donors (Lipinski definition) is 1. The molecule has 0 aliphatic carbocycles. The van der Waals surface area contributed by atoms with Crippen LogP contribution >= 0.6 is 0 Å². The van der Waals surface area contributed by atoms with Crippen molar-refractivity contribution < 1.29 is 30.4 Å². The van der Waals surface area contributed by atoms with Crippen molar-refractivity contribution in [2.24, 2.45) is 0 Å². The van der Waals surface area contributed by atoms with Gasteiger partial charge in [-0.2, -0.15) is 13.1 Å². The summed E-state index contributed by atoms with van der Waals surface area (Å²) in [5.74, 6) is -4.20. The molecular weight excluding hydrogens is 452 g/mol. The van der Waals surface area contributed by atoms with Crippen LogP contribution in [0, 0.1) is 0 Å². The van der Waals surface area contributed by atoms with Gasteiger partial charge in [0.2, 0.25) is 19.9 Å². The summed E-state index contributed by atoms with van der Waals surface area (Å²) in [6.07, 6.45) is 0. The molecule has 0 bridgehead atoms. The van der Waals surface area contributed by atoms with Gasteiger partial charge in [0.15, 0.2) is 0 Å². The smallest absolute Gasteiger partial charge is 0.322 e. The number of carbonyl (C=O) groups excluding carboxylic acids is 1. The number of carbonyl (C=O) groups is 1. The first-order chi connectivity index (χ1) is 14.5. The molecule has 0 aromatic heterocycles. The number of sulfonamides is 1. The van der Waals surface area contributed by atoms with Crippen molar-refractivity contribution in [2.75, 3.05) is 38.5 Å². The lowest BCUT2D eigenvalue weighted by Gasteiger charge is -2.31. The van der Waals surface area contributed by atoms with Gasteiger partial charge >= 0.3 is 5.76 Å². The molecule has 1 N–H and O–H groups in total. The molecule has 1 aliphatic heterocycles. The Bertz CT molecular complexity index is 1160. The zero-order valence-corrected chi connectivity index (χ0v) is 18.2. The normalized spacial score (nSPS) is 16.4. The van der Waals surface area contributed by atoms with Crippen LogP contribution in [0.5, 0.6) is 0 Å². The van der Waals surface area contributed by atoms with E-state index in [2.05, 4.69) is 5.32 Å². The molecule has 1 fully saturated rings. The lowest BCUT2D eigenvalue weighted by atomic mass is 10.2. The zero-order chi connectivity index (χ0) is 22.8. The quantitative estimate of drug-likeness (QED) is 0.687. The Morgan fingerprint density at radius 1 is 0.935 bits per heavy atom. The Morgan fingerprint density at radius 3 is 2.13 bits per heavy atom. The first-order valence-corrected chi connectivity index (χ1v) is 12.2. The van der Waals surface area contributed by atoms with E-state index >= 15 is 0 Å². The summed E-state index contributed by atoms with van der Waals surface area (Å²) in [6.45, 7) is 1.96. The summed E-state index contributed by atoms with van der Waals surface area (Å²) in [7, 11) is -6.56. The number of benzene rings is 2. The van der Waals surface area contributed by atoms with E-state index in [4.69, 9.17) is 0 Å². The maximum atomic E-state index is 12.9. The van der Waals surface area contributed by atoms with Gasteiger partial charge in [0, 0.05) is 37.4 Å². The molecule has 8 nitrogen and oxygen atoms in total. The fourth-order valence-electron chi connectivity index (χ4n) is 3.01. The summed E-state index contributed by atoms with van der Waals surface area (Å²) in [5, 5.41) is 2.53. The van der Waals surface area contributed by atoms with E-state index in [9.17, 15) is 30.4 Å². The van der Waals surface area contributed by atoms with Crippen molar-refractivity contribution in [1.29, 1.82) is 0 Å². The number of sulfone groups is 1. The van der Waals surface area contributed by atoms with Gasteiger partial charge in [-0.05, 0) is 49.5 Å². The van der Waals surface area contributed by atoms with Gasteiger partial charge in [-0.1, -0.05) is 6.07 Å². The van der Waals surface area contributed by atoms with Gasteiger partial charge in [0.05, 0.1) is 9.79 Å². The number of alkyl halides is 2. The van der Waals surface area contributed by atoms with E-state index in [1.54, 1.807) is 0 Å². The van der Waals surface area contributed by atoms with E-state index in [0.29, 0.717) is 26.2 Å². The number of amides is 1. The largest absolute Gasteiger partial charge is 0.341 e. The molecule has 12 heteroatoms. The molecule has 168 valence electrons. The van der Waals surface area contributed by atoms with E-state index in [0.717, 1.165) is 24.3 Å². The predicted molar refractivity (Wildman–Crippen MR) is 110 cm³/mol. The molecule has 0 radical (unpaired) electrons. The first-order valence-electron chi connectivity index (χ1n) is 9.24. The predicted octanol–water partition coefficient (Wildman–Crippen LogP) is 1.87. The highest BCUT2D eigenvalue weighted by molar-refractivity contribution is 7.91. The third-order valence-corrected chi connectivity index (χ3v) is 8.16. The van der Waals surface area contributed by atoms with Crippen LogP contribution in [-0.2, 0) is 19.9 Å². The van der Waals surface area contributed by atoms with Gasteiger partial charge in [-0.15, -0.1) is 0 Å². The summed E-state index contributed by atoms with van der Waals surface area (Å²) in [5.41, 5.74) is 0.255. The second kappa shape index (κ2) is 8.99. The number of anilines is 1. The van der Waals surface area contributed by atoms with Crippen LogP contribution in [0.3, 0.4) is 0 Å². The Labute approximate surface area is 179 Å². The van der Waals surface area contributed by atoms with Crippen molar-refractivity contribution in [2.45, 2.75) is 15.5 Å². The number of rotatable bonds is 6. The van der Waals surface area contributed by atoms with Crippen molar-refractivity contribution in [1.82, 2.24) is 9.21 Å². The van der Waals surface area contributed by atoms with Crippen LogP contribution in [0.25, 0.3) is 0 Å². The topological polar surface area (TPSA) is 104 Å². The van der Waals surface area contributed by atoms with Crippen LogP contribution in [-0.4, -0.2) is 70.9 Å². The molecule has 0 saturated carbocycles. The highest BCUT2D eigenvalue weighted by Crippen LogP contribution is 2.22. The van der Waals surface area contributed by atoms with Crippen LogP contribution in [0.4, 0.5) is 14.5 Å². The van der Waals surface area contributed by atoms with E-state index in [1.165, 1.54) is 28.6 Å². The van der Waals surface area contributed by atoms with Crippen LogP contribution in [0.2, 0.25) is 0 Å². The number of piperazine rings is 1. The maximum Gasteiger partial charge on any atom is 0.341 e. The van der Waals surface area contributed by atoms with E-state index < -0.39 is 36.4 Å². The van der Waals surface area contributed by atoms with Gasteiger partial charge in [0.25, 0.3) is 5.91 Å². The van der Waals surface area contributed by atoms with Crippen molar-refractivity contribution >= 4 is 31.5 Å². The summed E-state index contributed by atoms with van der Waals surface area (Å²) >= 11 is 0. The van der Waals surface area contributed by atoms with Crippen LogP contribution in [0.15, 0.2) is 58.3 Å². The van der Waals surface area contributed by atoms with Gasteiger partial charge in [0.1, 0.15) is 0 Å². The van der Waals surface area contributed by atoms with E-state index in [1.807, 2.05) is 11.9 Å². The van der Waals surface area contributed by atoms with Crippen LogP contribution < -0.4 is 5.32 Å². The number of nitrogens with zero attached hydrogens (tertiary/aromatic N) is 2. The third kappa shape index (κ3) is 5.09. The van der Waals surface area contributed by atoms with Gasteiger partial charge < -0.3 is 10.2 Å². The molecule has 1 heterocycles. The summed E-state index contributed by atoms with van der Waals surface area (Å²) in [6, 6.07) is 9.84. The SMILES string of the molecule is CN1CCN(S(=O)(=O)c2cccc(NC(=O)c3ccc(S(=O)(=O)C(F)F)cc3)c2)CC1. The number of halogens is 2. The van der Waals surface area contributed by atoms with Gasteiger partial charge in [-0.25, -0.2) is 16.8 Å². The Hall–Kier alpha value is -2.41. The molecule has 1 amide bonds. The average Bonchev–Trinajstić information content (AvgIpc) is 2.74. The minimum Gasteiger partial charge on any atom is -0.322 e. The number of hydrogen-bond acceptors (Lipinski definition) is 6. The molecular formula is C19H21F2N3O5S2.